The third kappa shape index (κ3) is 3.75. The van der Waals surface area contributed by atoms with E-state index >= 15 is 0 Å². The Morgan fingerprint density at radius 3 is 2.54 bits per heavy atom. The molecule has 3 heteroatoms. The van der Waals surface area contributed by atoms with Crippen molar-refractivity contribution >= 4 is 0 Å². The SMILES string of the molecule is N#CC1CCN(CCCCO)CC1. The van der Waals surface area contributed by atoms with Crippen LogP contribution in [0.25, 0.3) is 0 Å². The van der Waals surface area contributed by atoms with Crippen molar-refractivity contribution in [1.29, 1.82) is 5.26 Å². The molecule has 3 nitrogen and oxygen atoms in total. The summed E-state index contributed by atoms with van der Waals surface area (Å²) in [6, 6.07) is 2.33. The molecule has 0 amide bonds. The third-order valence-corrected chi connectivity index (χ3v) is 2.65. The number of piperidine rings is 1. The predicted molar refractivity (Wildman–Crippen MR) is 51.1 cm³/mol. The number of rotatable bonds is 4. The first-order chi connectivity index (χ1) is 6.36. The van der Waals surface area contributed by atoms with Crippen LogP contribution < -0.4 is 0 Å². The lowest BCUT2D eigenvalue weighted by molar-refractivity contribution is 0.194. The molecule has 0 radical (unpaired) electrons. The number of nitriles is 1. The Morgan fingerprint density at radius 1 is 1.31 bits per heavy atom. The molecule has 0 bridgehead atoms. The molecule has 0 unspecified atom stereocenters. The van der Waals surface area contributed by atoms with Crippen LogP contribution in [-0.2, 0) is 0 Å². The Morgan fingerprint density at radius 2 is 2.00 bits per heavy atom. The average molecular weight is 182 g/mol. The minimum Gasteiger partial charge on any atom is -0.396 e. The van der Waals surface area contributed by atoms with Crippen molar-refractivity contribution in [1.82, 2.24) is 4.90 Å². The Balaban J connectivity index is 2.08. The van der Waals surface area contributed by atoms with Crippen molar-refractivity contribution in [3.8, 4) is 6.07 Å². The van der Waals surface area contributed by atoms with Gasteiger partial charge < -0.3 is 10.0 Å². The molecule has 1 heterocycles. The smallest absolute Gasteiger partial charge is 0.0656 e. The highest BCUT2D eigenvalue weighted by molar-refractivity contribution is 4.87. The Kier molecular flexibility index (Phi) is 4.81. The average Bonchev–Trinajstić information content (AvgIpc) is 2.19. The molecule has 0 aromatic carbocycles. The van der Waals surface area contributed by atoms with Gasteiger partial charge in [-0.1, -0.05) is 0 Å². The van der Waals surface area contributed by atoms with E-state index in [1.54, 1.807) is 0 Å². The second-order valence-electron chi connectivity index (χ2n) is 3.68. The molecule has 74 valence electrons. The molecule has 13 heavy (non-hydrogen) atoms. The van der Waals surface area contributed by atoms with Crippen LogP contribution in [0.3, 0.4) is 0 Å². The predicted octanol–water partition coefficient (Wildman–Crippen LogP) is 0.994. The van der Waals surface area contributed by atoms with Crippen LogP contribution in [0.2, 0.25) is 0 Å². The highest BCUT2D eigenvalue weighted by Gasteiger charge is 2.17. The van der Waals surface area contributed by atoms with Gasteiger partial charge in [-0.15, -0.1) is 0 Å². The molecular weight excluding hydrogens is 164 g/mol. The number of unbranched alkanes of at least 4 members (excludes halogenated alkanes) is 1. The summed E-state index contributed by atoms with van der Waals surface area (Å²) in [6.07, 6.45) is 4.02. The van der Waals surface area contributed by atoms with Gasteiger partial charge in [0.05, 0.1) is 6.07 Å². The van der Waals surface area contributed by atoms with Gasteiger partial charge in [0.15, 0.2) is 0 Å². The standard InChI is InChI=1S/C10H18N2O/c11-9-10-3-6-12(7-4-10)5-1-2-8-13/h10,13H,1-8H2. The highest BCUT2D eigenvalue weighted by atomic mass is 16.2. The first-order valence-corrected chi connectivity index (χ1v) is 5.09. The van der Waals surface area contributed by atoms with Crippen molar-refractivity contribution in [3.63, 3.8) is 0 Å². The van der Waals surface area contributed by atoms with Gasteiger partial charge in [0.1, 0.15) is 0 Å². The molecule has 0 saturated carbocycles. The minimum absolute atomic E-state index is 0.286. The number of aliphatic hydroxyl groups is 1. The Labute approximate surface area is 80.0 Å². The van der Waals surface area contributed by atoms with E-state index in [-0.39, 0.29) is 5.92 Å². The molecule has 1 N–H and O–H groups in total. The number of nitrogens with zero attached hydrogens (tertiary/aromatic N) is 2. The Hall–Kier alpha value is -0.590. The van der Waals surface area contributed by atoms with Crippen molar-refractivity contribution < 1.29 is 5.11 Å². The van der Waals surface area contributed by atoms with Gasteiger partial charge >= 0.3 is 0 Å². The first-order valence-electron chi connectivity index (χ1n) is 5.09. The van der Waals surface area contributed by atoms with Crippen LogP contribution in [0.1, 0.15) is 25.7 Å². The van der Waals surface area contributed by atoms with Gasteiger partial charge in [-0.25, -0.2) is 0 Å². The molecule has 1 saturated heterocycles. The van der Waals surface area contributed by atoms with Crippen molar-refractivity contribution in [2.24, 2.45) is 5.92 Å². The Bertz CT molecular complexity index is 168. The van der Waals surface area contributed by atoms with Gasteiger partial charge in [-0.3, -0.25) is 0 Å². The van der Waals surface area contributed by atoms with E-state index in [0.717, 1.165) is 45.3 Å². The van der Waals surface area contributed by atoms with Crippen LogP contribution in [0.15, 0.2) is 0 Å². The summed E-state index contributed by atoms with van der Waals surface area (Å²) in [5, 5.41) is 17.3. The fourth-order valence-electron chi connectivity index (χ4n) is 1.73. The van der Waals surface area contributed by atoms with Gasteiger partial charge in [0.2, 0.25) is 0 Å². The third-order valence-electron chi connectivity index (χ3n) is 2.65. The fourth-order valence-corrected chi connectivity index (χ4v) is 1.73. The van der Waals surface area contributed by atoms with E-state index < -0.39 is 0 Å². The summed E-state index contributed by atoms with van der Waals surface area (Å²) in [4.78, 5) is 2.39. The highest BCUT2D eigenvalue weighted by Crippen LogP contribution is 2.15. The number of hydrogen-bond donors (Lipinski definition) is 1. The van der Waals surface area contributed by atoms with E-state index in [4.69, 9.17) is 10.4 Å². The minimum atomic E-state index is 0.286. The molecule has 1 fully saturated rings. The van der Waals surface area contributed by atoms with Crippen LogP contribution >= 0.6 is 0 Å². The summed E-state index contributed by atoms with van der Waals surface area (Å²) in [5.74, 6) is 0.286. The molecule has 1 aliphatic rings. The van der Waals surface area contributed by atoms with E-state index in [2.05, 4.69) is 11.0 Å². The fraction of sp³-hybridized carbons (Fsp3) is 0.900. The summed E-state index contributed by atoms with van der Waals surface area (Å²) in [6.45, 7) is 3.50. The molecular formula is C10H18N2O. The van der Waals surface area contributed by atoms with Crippen LogP contribution in [0, 0.1) is 17.2 Å². The van der Waals surface area contributed by atoms with Gasteiger partial charge in [-0.05, 0) is 45.3 Å². The van der Waals surface area contributed by atoms with Crippen LogP contribution in [-0.4, -0.2) is 36.2 Å². The molecule has 0 spiro atoms. The van der Waals surface area contributed by atoms with Gasteiger partial charge in [0.25, 0.3) is 0 Å². The zero-order valence-electron chi connectivity index (χ0n) is 8.08. The van der Waals surface area contributed by atoms with E-state index in [9.17, 15) is 0 Å². The lowest BCUT2D eigenvalue weighted by Gasteiger charge is -2.28. The topological polar surface area (TPSA) is 47.3 Å². The summed E-state index contributed by atoms with van der Waals surface area (Å²) in [7, 11) is 0. The summed E-state index contributed by atoms with van der Waals surface area (Å²) >= 11 is 0. The van der Waals surface area contributed by atoms with Crippen molar-refractivity contribution in [2.75, 3.05) is 26.2 Å². The molecule has 0 aliphatic carbocycles. The second-order valence-corrected chi connectivity index (χ2v) is 3.68. The van der Waals surface area contributed by atoms with Crippen LogP contribution in [0.5, 0.6) is 0 Å². The van der Waals surface area contributed by atoms with Crippen molar-refractivity contribution in [3.05, 3.63) is 0 Å². The van der Waals surface area contributed by atoms with E-state index in [0.29, 0.717) is 6.61 Å². The van der Waals surface area contributed by atoms with E-state index in [1.807, 2.05) is 0 Å². The summed E-state index contributed by atoms with van der Waals surface area (Å²) < 4.78 is 0. The maximum Gasteiger partial charge on any atom is 0.0656 e. The molecule has 1 aliphatic heterocycles. The quantitative estimate of drug-likeness (QED) is 0.660. The lowest BCUT2D eigenvalue weighted by Crippen LogP contribution is -2.34. The lowest BCUT2D eigenvalue weighted by atomic mass is 9.98. The van der Waals surface area contributed by atoms with E-state index in [1.165, 1.54) is 0 Å². The van der Waals surface area contributed by atoms with Crippen molar-refractivity contribution in [2.45, 2.75) is 25.7 Å². The molecule has 0 atom stereocenters. The molecule has 0 aromatic rings. The first kappa shape index (κ1) is 10.5. The largest absolute Gasteiger partial charge is 0.396 e. The molecule has 0 aromatic heterocycles. The van der Waals surface area contributed by atoms with Gasteiger partial charge in [-0.2, -0.15) is 5.26 Å². The number of hydrogen-bond acceptors (Lipinski definition) is 3. The number of aliphatic hydroxyl groups excluding tert-OH is 1. The summed E-state index contributed by atoms with van der Waals surface area (Å²) in [5.41, 5.74) is 0. The second kappa shape index (κ2) is 5.95. The molecule has 1 rings (SSSR count). The maximum absolute atomic E-state index is 8.69. The number of likely N-dealkylation sites (tertiary alicyclic amines) is 1. The van der Waals surface area contributed by atoms with Crippen LogP contribution in [0.4, 0.5) is 0 Å². The monoisotopic (exact) mass is 182 g/mol. The van der Waals surface area contributed by atoms with Gasteiger partial charge in [0, 0.05) is 12.5 Å². The normalized spacial score (nSPS) is 20.0. The maximum atomic E-state index is 8.69. The zero-order valence-corrected chi connectivity index (χ0v) is 8.08. The zero-order chi connectivity index (χ0) is 9.52.